The molecule has 1 saturated heterocycles. The lowest BCUT2D eigenvalue weighted by atomic mass is 10.1. The van der Waals surface area contributed by atoms with Crippen LogP contribution in [0.15, 0.2) is 35.8 Å². The van der Waals surface area contributed by atoms with Gasteiger partial charge in [-0.3, -0.25) is 4.99 Å². The topological polar surface area (TPSA) is 30.9 Å². The number of hydrogen-bond donors (Lipinski definition) is 1. The molecular weight excluding hydrogens is 387 g/mol. The first-order valence-corrected chi connectivity index (χ1v) is 7.55. The number of nitrogens with zero attached hydrogens (tertiary/aromatic N) is 3. The number of halogens is 1. The summed E-state index contributed by atoms with van der Waals surface area (Å²) in [6, 6.07) is 6.55. The predicted octanol–water partition coefficient (Wildman–Crippen LogP) is 2.80. The van der Waals surface area contributed by atoms with Gasteiger partial charge < -0.3 is 15.1 Å². The van der Waals surface area contributed by atoms with Gasteiger partial charge >= 0.3 is 0 Å². The molecule has 0 radical (unpaired) electrons. The van der Waals surface area contributed by atoms with E-state index in [-0.39, 0.29) is 24.0 Å². The minimum atomic E-state index is 0. The maximum Gasteiger partial charge on any atom is 0.194 e. The van der Waals surface area contributed by atoms with Crippen LogP contribution in [0, 0.1) is 13.8 Å². The lowest BCUT2D eigenvalue weighted by molar-refractivity contribution is 0.374. The van der Waals surface area contributed by atoms with Crippen LogP contribution in [-0.4, -0.2) is 50.6 Å². The number of hydrogen-bond acceptors (Lipinski definition) is 2. The molecule has 1 aromatic rings. The van der Waals surface area contributed by atoms with Crippen molar-refractivity contribution in [1.29, 1.82) is 0 Å². The number of rotatable bonds is 3. The first kappa shape index (κ1) is 18.8. The molecule has 0 aliphatic carbocycles. The number of aryl methyl sites for hydroxylation is 1. The molecule has 122 valence electrons. The van der Waals surface area contributed by atoms with Crippen LogP contribution in [0.5, 0.6) is 0 Å². The van der Waals surface area contributed by atoms with Gasteiger partial charge in [-0.2, -0.15) is 0 Å². The van der Waals surface area contributed by atoms with E-state index in [2.05, 4.69) is 58.7 Å². The van der Waals surface area contributed by atoms with E-state index in [1.54, 1.807) is 0 Å². The summed E-state index contributed by atoms with van der Waals surface area (Å²) in [5.41, 5.74) is 4.11. The maximum absolute atomic E-state index is 4.34. The smallest absolute Gasteiger partial charge is 0.194 e. The van der Waals surface area contributed by atoms with Gasteiger partial charge in [0.1, 0.15) is 0 Å². The van der Waals surface area contributed by atoms with Gasteiger partial charge in [-0.15, -0.1) is 30.6 Å². The maximum atomic E-state index is 4.34. The van der Waals surface area contributed by atoms with Crippen molar-refractivity contribution >= 4 is 35.6 Å². The van der Waals surface area contributed by atoms with E-state index in [1.807, 2.05) is 13.1 Å². The number of guanidine groups is 1. The van der Waals surface area contributed by atoms with Crippen molar-refractivity contribution in [3.63, 3.8) is 0 Å². The third kappa shape index (κ3) is 4.38. The second-order valence-corrected chi connectivity index (χ2v) is 5.41. The fourth-order valence-electron chi connectivity index (χ4n) is 2.73. The Morgan fingerprint density at radius 3 is 2.55 bits per heavy atom. The summed E-state index contributed by atoms with van der Waals surface area (Å²) < 4.78 is 0. The largest absolute Gasteiger partial charge is 0.368 e. The Bertz CT molecular complexity index is 519. The molecule has 5 heteroatoms. The lowest BCUT2D eigenvalue weighted by Gasteiger charge is -2.38. The van der Waals surface area contributed by atoms with Gasteiger partial charge in [0, 0.05) is 45.5 Å². The Balaban J connectivity index is 0.00000242. The number of nitrogens with one attached hydrogen (secondary N) is 1. The molecule has 0 amide bonds. The van der Waals surface area contributed by atoms with Crippen molar-refractivity contribution < 1.29 is 0 Å². The zero-order valence-electron chi connectivity index (χ0n) is 13.8. The van der Waals surface area contributed by atoms with Crippen LogP contribution < -0.4 is 10.2 Å². The van der Waals surface area contributed by atoms with Crippen LogP contribution in [0.4, 0.5) is 5.69 Å². The van der Waals surface area contributed by atoms with E-state index in [9.17, 15) is 0 Å². The molecular formula is C17H27IN4. The van der Waals surface area contributed by atoms with Crippen molar-refractivity contribution in [2.24, 2.45) is 4.99 Å². The zero-order chi connectivity index (χ0) is 15.2. The summed E-state index contributed by atoms with van der Waals surface area (Å²) >= 11 is 0. The molecule has 2 rings (SSSR count). The summed E-state index contributed by atoms with van der Waals surface area (Å²) in [6.45, 7) is 12.9. The predicted molar refractivity (Wildman–Crippen MR) is 107 cm³/mol. The first-order valence-electron chi connectivity index (χ1n) is 7.55. The third-order valence-corrected chi connectivity index (χ3v) is 4.11. The van der Waals surface area contributed by atoms with Crippen molar-refractivity contribution in [3.8, 4) is 0 Å². The van der Waals surface area contributed by atoms with E-state index in [4.69, 9.17) is 0 Å². The van der Waals surface area contributed by atoms with Crippen molar-refractivity contribution in [1.82, 2.24) is 10.2 Å². The van der Waals surface area contributed by atoms with Crippen molar-refractivity contribution in [2.45, 2.75) is 13.8 Å². The van der Waals surface area contributed by atoms with Crippen LogP contribution in [0.25, 0.3) is 0 Å². The molecule has 1 fully saturated rings. The van der Waals surface area contributed by atoms with E-state index in [1.165, 1.54) is 16.8 Å². The van der Waals surface area contributed by atoms with Crippen LogP contribution in [0.3, 0.4) is 0 Å². The lowest BCUT2D eigenvalue weighted by Crippen LogP contribution is -2.52. The summed E-state index contributed by atoms with van der Waals surface area (Å²) in [4.78, 5) is 9.13. The molecule has 4 nitrogen and oxygen atoms in total. The molecule has 1 heterocycles. The van der Waals surface area contributed by atoms with Gasteiger partial charge in [0.25, 0.3) is 0 Å². The fourth-order valence-corrected chi connectivity index (χ4v) is 2.73. The Labute approximate surface area is 151 Å². The highest BCUT2D eigenvalue weighted by Crippen LogP contribution is 2.23. The van der Waals surface area contributed by atoms with E-state index < -0.39 is 0 Å². The Morgan fingerprint density at radius 1 is 1.27 bits per heavy atom. The number of anilines is 1. The highest BCUT2D eigenvalue weighted by molar-refractivity contribution is 14.0. The summed E-state index contributed by atoms with van der Waals surface area (Å²) in [7, 11) is 1.84. The van der Waals surface area contributed by atoms with Crippen LogP contribution >= 0.6 is 24.0 Å². The molecule has 1 N–H and O–H groups in total. The third-order valence-electron chi connectivity index (χ3n) is 4.11. The molecule has 1 aliphatic heterocycles. The van der Waals surface area contributed by atoms with Gasteiger partial charge in [-0.1, -0.05) is 18.2 Å². The van der Waals surface area contributed by atoms with Gasteiger partial charge in [0.15, 0.2) is 5.96 Å². The van der Waals surface area contributed by atoms with E-state index in [0.717, 1.165) is 38.7 Å². The summed E-state index contributed by atoms with van der Waals surface area (Å²) in [5, 5.41) is 3.30. The van der Waals surface area contributed by atoms with Crippen LogP contribution in [0.1, 0.15) is 11.1 Å². The molecule has 0 bridgehead atoms. The number of benzene rings is 1. The molecule has 1 aliphatic rings. The molecule has 0 atom stereocenters. The van der Waals surface area contributed by atoms with Gasteiger partial charge in [0.2, 0.25) is 0 Å². The minimum Gasteiger partial charge on any atom is -0.368 e. The second kappa shape index (κ2) is 9.02. The highest BCUT2D eigenvalue weighted by Gasteiger charge is 2.20. The van der Waals surface area contributed by atoms with Gasteiger partial charge in [-0.05, 0) is 31.0 Å². The molecule has 1 aromatic carbocycles. The summed E-state index contributed by atoms with van der Waals surface area (Å²) in [5.74, 6) is 0.968. The first-order chi connectivity index (χ1) is 10.2. The highest BCUT2D eigenvalue weighted by atomic mass is 127. The standard InChI is InChI=1S/C17H26N4.HI/c1-5-9-19-17(18-4)21-12-10-20(11-13-21)16-8-6-7-14(2)15(16)3;/h5-8H,1,9-13H2,2-4H3,(H,18,19);1H. The SMILES string of the molecule is C=CCNC(=NC)N1CCN(c2cccc(C)c2C)CC1.I. The molecule has 0 aromatic heterocycles. The van der Waals surface area contributed by atoms with Crippen molar-refractivity contribution in [3.05, 3.63) is 42.0 Å². The fraction of sp³-hybridized carbons (Fsp3) is 0.471. The second-order valence-electron chi connectivity index (χ2n) is 5.41. The summed E-state index contributed by atoms with van der Waals surface area (Å²) in [6.07, 6.45) is 1.86. The van der Waals surface area contributed by atoms with Gasteiger partial charge in [0.05, 0.1) is 0 Å². The molecule has 0 spiro atoms. The quantitative estimate of drug-likeness (QED) is 0.357. The van der Waals surface area contributed by atoms with E-state index in [0.29, 0.717) is 0 Å². The average molecular weight is 414 g/mol. The Kier molecular flexibility index (Phi) is 7.72. The molecule has 0 saturated carbocycles. The van der Waals surface area contributed by atoms with E-state index >= 15 is 0 Å². The molecule has 22 heavy (non-hydrogen) atoms. The Hall–Kier alpha value is -1.24. The van der Waals surface area contributed by atoms with Crippen LogP contribution in [-0.2, 0) is 0 Å². The normalized spacial score (nSPS) is 15.3. The minimum absolute atomic E-state index is 0. The zero-order valence-corrected chi connectivity index (χ0v) is 16.1. The average Bonchev–Trinajstić information content (AvgIpc) is 2.51. The Morgan fingerprint density at radius 2 is 1.95 bits per heavy atom. The van der Waals surface area contributed by atoms with Crippen LogP contribution in [0.2, 0.25) is 0 Å². The number of aliphatic imine (C=N–C) groups is 1. The number of piperazine rings is 1. The molecule has 0 unspecified atom stereocenters. The van der Waals surface area contributed by atoms with Crippen molar-refractivity contribution in [2.75, 3.05) is 44.7 Å². The van der Waals surface area contributed by atoms with Gasteiger partial charge in [-0.25, -0.2) is 0 Å². The monoisotopic (exact) mass is 414 g/mol.